The van der Waals surface area contributed by atoms with Crippen LogP contribution in [0, 0.1) is 0 Å². The van der Waals surface area contributed by atoms with Crippen LogP contribution in [-0.2, 0) is 0 Å². The first-order chi connectivity index (χ1) is 30.8. The highest BCUT2D eigenvalue weighted by Gasteiger charge is 2.26. The van der Waals surface area contributed by atoms with Gasteiger partial charge >= 0.3 is 0 Å². The van der Waals surface area contributed by atoms with Crippen LogP contribution in [0.3, 0.4) is 0 Å². The van der Waals surface area contributed by atoms with Gasteiger partial charge in [-0.2, -0.15) is 9.97 Å². The van der Waals surface area contributed by atoms with E-state index in [-0.39, 0.29) is 0 Å². The third-order valence-electron chi connectivity index (χ3n) is 12.0. The Hall–Kier alpha value is -8.41. The lowest BCUT2D eigenvalue weighted by Crippen LogP contribution is -2.07. The Bertz CT molecular complexity index is 3590. The van der Waals surface area contributed by atoms with Crippen LogP contribution in [0.1, 0.15) is 0 Å². The van der Waals surface area contributed by atoms with Gasteiger partial charge < -0.3 is 4.57 Å². The second-order valence-electron chi connectivity index (χ2n) is 15.6. The molecule has 290 valence electrons. The van der Waals surface area contributed by atoms with Crippen LogP contribution in [-0.4, -0.2) is 24.1 Å². The maximum absolute atomic E-state index is 5.43. The van der Waals surface area contributed by atoms with Crippen LogP contribution in [0.25, 0.3) is 111 Å². The zero-order valence-electron chi connectivity index (χ0n) is 33.6. The smallest absolute Gasteiger partial charge is 0.238 e. The van der Waals surface area contributed by atoms with E-state index < -0.39 is 0 Å². The fraction of sp³-hybridized carbons (Fsp3) is 0. The van der Waals surface area contributed by atoms with E-state index in [1.54, 1.807) is 0 Å². The molecule has 0 N–H and O–H groups in total. The van der Waals surface area contributed by atoms with Gasteiger partial charge in [-0.15, -0.1) is 0 Å². The summed E-state index contributed by atoms with van der Waals surface area (Å²) in [6.07, 6.45) is 0. The number of para-hydroxylation sites is 2. The first-order valence-corrected chi connectivity index (χ1v) is 21.0. The molecule has 0 fully saturated rings. The van der Waals surface area contributed by atoms with Crippen molar-refractivity contribution in [3.63, 3.8) is 0 Å². The molecule has 5 heteroatoms. The van der Waals surface area contributed by atoms with Crippen molar-refractivity contribution in [3.8, 4) is 67.8 Å². The van der Waals surface area contributed by atoms with Crippen molar-refractivity contribution in [1.82, 2.24) is 24.1 Å². The van der Waals surface area contributed by atoms with E-state index in [2.05, 4.69) is 209 Å². The highest BCUT2D eigenvalue weighted by atomic mass is 15.2. The number of nitrogens with zero attached hydrogens (tertiary/aromatic N) is 5. The molecule has 12 rings (SSSR count). The second kappa shape index (κ2) is 14.7. The predicted molar refractivity (Wildman–Crippen MR) is 256 cm³/mol. The van der Waals surface area contributed by atoms with Crippen LogP contribution in [0.15, 0.2) is 224 Å². The Balaban J connectivity index is 1.21. The molecule has 3 heterocycles. The molecule has 9 aromatic carbocycles. The van der Waals surface area contributed by atoms with Crippen LogP contribution < -0.4 is 0 Å². The highest BCUT2D eigenvalue weighted by Crippen LogP contribution is 2.46. The molecule has 0 radical (unpaired) electrons. The predicted octanol–water partition coefficient (Wildman–Crippen LogP) is 14.4. The molecule has 0 saturated carbocycles. The lowest BCUT2D eigenvalue weighted by atomic mass is 9.96. The Morgan fingerprint density at radius 1 is 0.290 bits per heavy atom. The lowest BCUT2D eigenvalue weighted by Gasteiger charge is -2.15. The van der Waals surface area contributed by atoms with E-state index in [9.17, 15) is 0 Å². The SMILES string of the molecule is c1ccc(-c2ccc(-n3c4ccccc4c4c(-c5ccccc5)cc5c6ccccc6n(-c6nc(-c7ccccc7)nc(-c7cccc(-c8ccccc8)c7)n6)c5c43)cc2)cc1. The average Bonchev–Trinajstić information content (AvgIpc) is 3.88. The third kappa shape index (κ3) is 5.90. The van der Waals surface area contributed by atoms with E-state index >= 15 is 0 Å². The molecule has 0 atom stereocenters. The van der Waals surface area contributed by atoms with Gasteiger partial charge in [0.15, 0.2) is 11.6 Å². The molecular formula is C57H37N5. The zero-order chi connectivity index (χ0) is 41.0. The molecule has 5 nitrogen and oxygen atoms in total. The lowest BCUT2D eigenvalue weighted by molar-refractivity contribution is 0.953. The number of hydrogen-bond donors (Lipinski definition) is 0. The van der Waals surface area contributed by atoms with Gasteiger partial charge in [-0.1, -0.05) is 188 Å². The minimum absolute atomic E-state index is 0.551. The molecule has 0 unspecified atom stereocenters. The molecule has 62 heavy (non-hydrogen) atoms. The first-order valence-electron chi connectivity index (χ1n) is 21.0. The molecule has 0 bridgehead atoms. The number of aromatic nitrogens is 5. The van der Waals surface area contributed by atoms with Gasteiger partial charge in [0.1, 0.15) is 0 Å². The highest BCUT2D eigenvalue weighted by molar-refractivity contribution is 6.28. The summed E-state index contributed by atoms with van der Waals surface area (Å²) in [6.45, 7) is 0. The van der Waals surface area contributed by atoms with E-state index in [4.69, 9.17) is 15.0 Å². The molecular weight excluding hydrogens is 755 g/mol. The molecule has 0 aliphatic rings. The fourth-order valence-electron chi connectivity index (χ4n) is 9.13. The van der Waals surface area contributed by atoms with Crippen LogP contribution >= 0.6 is 0 Å². The molecule has 0 saturated heterocycles. The van der Waals surface area contributed by atoms with Gasteiger partial charge in [0.05, 0.1) is 22.1 Å². The van der Waals surface area contributed by atoms with Gasteiger partial charge in [0, 0.05) is 38.4 Å². The van der Waals surface area contributed by atoms with Crippen LogP contribution in [0.5, 0.6) is 0 Å². The largest absolute Gasteiger partial charge is 0.307 e. The summed E-state index contributed by atoms with van der Waals surface area (Å²) in [5, 5.41) is 4.58. The standard InChI is InChI=1S/C57H37N5/c1-5-18-38(19-6-1)40-32-34-45(35-33-40)61-51-31-16-14-29-47(51)52-48(41-22-9-3-10-23-41)37-49-46-28-13-15-30-50(46)62(53(49)54(52)61)57-59-55(42-24-11-4-12-25-42)58-56(60-57)44-27-17-26-43(36-44)39-20-7-2-8-21-39/h1-37H. The van der Waals surface area contributed by atoms with Crippen molar-refractivity contribution in [3.05, 3.63) is 224 Å². The fourth-order valence-corrected chi connectivity index (χ4v) is 9.13. The minimum atomic E-state index is 0.551. The van der Waals surface area contributed by atoms with Crippen molar-refractivity contribution >= 4 is 43.6 Å². The Morgan fingerprint density at radius 2 is 0.774 bits per heavy atom. The van der Waals surface area contributed by atoms with Crippen LogP contribution in [0.2, 0.25) is 0 Å². The molecule has 0 amide bonds. The summed E-state index contributed by atoms with van der Waals surface area (Å²) >= 11 is 0. The topological polar surface area (TPSA) is 48.5 Å². The van der Waals surface area contributed by atoms with Crippen molar-refractivity contribution in [2.75, 3.05) is 0 Å². The number of hydrogen-bond acceptors (Lipinski definition) is 3. The maximum Gasteiger partial charge on any atom is 0.238 e. The van der Waals surface area contributed by atoms with Crippen molar-refractivity contribution in [1.29, 1.82) is 0 Å². The second-order valence-corrected chi connectivity index (χ2v) is 15.6. The van der Waals surface area contributed by atoms with E-state index in [1.807, 2.05) is 24.3 Å². The van der Waals surface area contributed by atoms with Crippen molar-refractivity contribution in [2.24, 2.45) is 0 Å². The zero-order valence-corrected chi connectivity index (χ0v) is 33.6. The van der Waals surface area contributed by atoms with Gasteiger partial charge in [-0.3, -0.25) is 4.57 Å². The third-order valence-corrected chi connectivity index (χ3v) is 12.0. The van der Waals surface area contributed by atoms with Crippen molar-refractivity contribution < 1.29 is 0 Å². The quantitative estimate of drug-likeness (QED) is 0.162. The van der Waals surface area contributed by atoms with E-state index in [0.29, 0.717) is 17.6 Å². The number of fused-ring (bicyclic) bond motifs is 7. The van der Waals surface area contributed by atoms with E-state index in [1.165, 1.54) is 27.5 Å². The molecule has 12 aromatic rings. The monoisotopic (exact) mass is 791 g/mol. The summed E-state index contributed by atoms with van der Waals surface area (Å²) in [6, 6.07) is 79.2. The normalized spacial score (nSPS) is 11.5. The maximum atomic E-state index is 5.43. The molecule has 0 aliphatic carbocycles. The molecule has 0 aliphatic heterocycles. The minimum Gasteiger partial charge on any atom is -0.307 e. The Morgan fingerprint density at radius 3 is 1.44 bits per heavy atom. The summed E-state index contributed by atoms with van der Waals surface area (Å²) in [7, 11) is 0. The summed E-state index contributed by atoms with van der Waals surface area (Å²) in [5.74, 6) is 1.76. The Kier molecular flexibility index (Phi) is 8.42. The summed E-state index contributed by atoms with van der Waals surface area (Å²) in [4.78, 5) is 16.0. The van der Waals surface area contributed by atoms with Gasteiger partial charge in [-0.25, -0.2) is 4.98 Å². The average molecular weight is 792 g/mol. The molecule has 3 aromatic heterocycles. The number of rotatable bonds is 7. The first kappa shape index (κ1) is 35.5. The van der Waals surface area contributed by atoms with Crippen LogP contribution in [0.4, 0.5) is 0 Å². The summed E-state index contributed by atoms with van der Waals surface area (Å²) < 4.78 is 4.71. The Labute approximate surface area is 358 Å². The summed E-state index contributed by atoms with van der Waals surface area (Å²) in [5.41, 5.74) is 14.1. The molecule has 0 spiro atoms. The number of benzene rings is 9. The van der Waals surface area contributed by atoms with E-state index in [0.717, 1.165) is 66.3 Å². The van der Waals surface area contributed by atoms with Crippen molar-refractivity contribution in [2.45, 2.75) is 0 Å². The van der Waals surface area contributed by atoms with Gasteiger partial charge in [0.2, 0.25) is 5.95 Å². The van der Waals surface area contributed by atoms with Gasteiger partial charge in [-0.05, 0) is 69.8 Å². The van der Waals surface area contributed by atoms with Gasteiger partial charge in [0.25, 0.3) is 0 Å².